The van der Waals surface area contributed by atoms with Gasteiger partial charge in [-0.05, 0) is 37.8 Å². The van der Waals surface area contributed by atoms with Crippen molar-refractivity contribution in [3.63, 3.8) is 0 Å². The third kappa shape index (κ3) is 4.28. The van der Waals surface area contributed by atoms with Crippen LogP contribution in [0, 0.1) is 5.92 Å². The molecule has 5 nitrogen and oxygen atoms in total. The minimum Gasteiger partial charge on any atom is -0.449 e. The van der Waals surface area contributed by atoms with E-state index in [-0.39, 0.29) is 11.9 Å². The van der Waals surface area contributed by atoms with E-state index in [1.165, 1.54) is 18.8 Å². The summed E-state index contributed by atoms with van der Waals surface area (Å²) >= 11 is 0. The number of hydrogen-bond donors (Lipinski definition) is 1. The van der Waals surface area contributed by atoms with Crippen molar-refractivity contribution in [2.45, 2.75) is 51.7 Å². The second kappa shape index (κ2) is 7.20. The lowest BCUT2D eigenvalue weighted by atomic mass is 9.86. The van der Waals surface area contributed by atoms with Crippen molar-refractivity contribution in [2.75, 3.05) is 0 Å². The highest BCUT2D eigenvalue weighted by Gasteiger charge is 2.26. The summed E-state index contributed by atoms with van der Waals surface area (Å²) in [6, 6.07) is 3.32. The fraction of sp³-hybridized carbons (Fsp3) is 0.562. The molecule has 3 atom stereocenters. The lowest BCUT2D eigenvalue weighted by molar-refractivity contribution is -0.130. The van der Waals surface area contributed by atoms with E-state index in [1.54, 1.807) is 19.1 Å². The quantitative estimate of drug-likeness (QED) is 0.864. The van der Waals surface area contributed by atoms with E-state index < -0.39 is 12.1 Å². The molecule has 1 saturated carbocycles. The summed E-state index contributed by atoms with van der Waals surface area (Å²) in [6.45, 7) is 3.75. The number of hydrogen-bond acceptors (Lipinski definition) is 4. The summed E-state index contributed by atoms with van der Waals surface area (Å²) in [5, 5.41) is 3.00. The smallest absolute Gasteiger partial charge is 0.339 e. The summed E-state index contributed by atoms with van der Waals surface area (Å²) < 4.78 is 5.20. The second-order valence-electron chi connectivity index (χ2n) is 5.66. The van der Waals surface area contributed by atoms with Crippen LogP contribution in [0.15, 0.2) is 24.5 Å². The molecular weight excluding hydrogens is 268 g/mol. The highest BCUT2D eigenvalue weighted by molar-refractivity contribution is 5.92. The van der Waals surface area contributed by atoms with Crippen LogP contribution in [-0.4, -0.2) is 29.0 Å². The van der Waals surface area contributed by atoms with Crippen molar-refractivity contribution in [3.8, 4) is 0 Å². The van der Waals surface area contributed by atoms with Gasteiger partial charge >= 0.3 is 5.97 Å². The Morgan fingerprint density at radius 3 is 2.62 bits per heavy atom. The minimum absolute atomic E-state index is 0.188. The molecule has 1 amide bonds. The normalized spacial score (nSPS) is 23.1. The Bertz CT molecular complexity index is 490. The lowest BCUT2D eigenvalue weighted by Crippen LogP contribution is -2.45. The summed E-state index contributed by atoms with van der Waals surface area (Å²) in [7, 11) is 0. The van der Waals surface area contributed by atoms with Gasteiger partial charge in [0.05, 0.1) is 5.56 Å². The van der Waals surface area contributed by atoms with Gasteiger partial charge in [0.25, 0.3) is 5.91 Å². The first-order valence-electron chi connectivity index (χ1n) is 7.49. The third-order valence-electron chi connectivity index (χ3n) is 4.01. The van der Waals surface area contributed by atoms with Crippen LogP contribution in [0.25, 0.3) is 0 Å². The molecule has 0 aromatic carbocycles. The molecule has 0 radical (unpaired) electrons. The number of nitrogens with one attached hydrogen (secondary N) is 1. The van der Waals surface area contributed by atoms with Crippen LogP contribution in [0.3, 0.4) is 0 Å². The number of ether oxygens (including phenoxy) is 1. The molecule has 1 aliphatic carbocycles. The first-order chi connectivity index (χ1) is 10.1. The van der Waals surface area contributed by atoms with Crippen molar-refractivity contribution in [2.24, 2.45) is 5.92 Å². The predicted octanol–water partition coefficient (Wildman–Crippen LogP) is 2.32. The number of rotatable bonds is 4. The predicted molar refractivity (Wildman–Crippen MR) is 78.7 cm³/mol. The summed E-state index contributed by atoms with van der Waals surface area (Å²) in [4.78, 5) is 27.8. The largest absolute Gasteiger partial charge is 0.449 e. The topological polar surface area (TPSA) is 68.3 Å². The fourth-order valence-corrected chi connectivity index (χ4v) is 2.60. The maximum Gasteiger partial charge on any atom is 0.339 e. The van der Waals surface area contributed by atoms with Crippen LogP contribution in [0.4, 0.5) is 0 Å². The second-order valence-corrected chi connectivity index (χ2v) is 5.66. The molecule has 1 heterocycles. The molecule has 21 heavy (non-hydrogen) atoms. The van der Waals surface area contributed by atoms with E-state index in [9.17, 15) is 9.59 Å². The molecule has 0 unspecified atom stereocenters. The molecule has 1 aromatic heterocycles. The van der Waals surface area contributed by atoms with Gasteiger partial charge in [-0.15, -0.1) is 0 Å². The zero-order valence-corrected chi connectivity index (χ0v) is 12.5. The highest BCUT2D eigenvalue weighted by atomic mass is 16.5. The number of carbonyl (C=O) groups is 2. The van der Waals surface area contributed by atoms with E-state index >= 15 is 0 Å². The monoisotopic (exact) mass is 290 g/mol. The van der Waals surface area contributed by atoms with Crippen molar-refractivity contribution >= 4 is 11.9 Å². The standard InChI is InChI=1S/C16H22N2O3/c1-11-5-3-4-6-14(11)18-15(19)12(2)21-16(20)13-7-9-17-10-8-13/h7-12,14H,3-6H2,1-2H3,(H,18,19)/t11-,12-,14-/m1/s1. The maximum absolute atomic E-state index is 12.1. The first-order valence-corrected chi connectivity index (χ1v) is 7.49. The van der Waals surface area contributed by atoms with Crippen molar-refractivity contribution in [1.29, 1.82) is 0 Å². The van der Waals surface area contributed by atoms with Gasteiger partial charge in [0.2, 0.25) is 0 Å². The van der Waals surface area contributed by atoms with Crippen LogP contribution in [0.2, 0.25) is 0 Å². The van der Waals surface area contributed by atoms with Crippen molar-refractivity contribution < 1.29 is 14.3 Å². The molecule has 1 fully saturated rings. The number of pyridine rings is 1. The van der Waals surface area contributed by atoms with E-state index in [0.29, 0.717) is 11.5 Å². The van der Waals surface area contributed by atoms with Crippen LogP contribution in [0.1, 0.15) is 49.9 Å². The Labute approximate surface area is 125 Å². The molecular formula is C16H22N2O3. The summed E-state index contributed by atoms with van der Waals surface area (Å²) in [5.74, 6) is -0.251. The summed E-state index contributed by atoms with van der Waals surface area (Å²) in [6.07, 6.45) is 6.74. The van der Waals surface area contributed by atoms with E-state index in [0.717, 1.165) is 19.3 Å². The van der Waals surface area contributed by atoms with Gasteiger partial charge < -0.3 is 10.1 Å². The van der Waals surface area contributed by atoms with Gasteiger partial charge in [0.1, 0.15) is 0 Å². The van der Waals surface area contributed by atoms with Crippen molar-refractivity contribution in [3.05, 3.63) is 30.1 Å². The fourth-order valence-electron chi connectivity index (χ4n) is 2.60. The Morgan fingerprint density at radius 2 is 1.95 bits per heavy atom. The Hall–Kier alpha value is -1.91. The van der Waals surface area contributed by atoms with E-state index in [1.807, 2.05) is 0 Å². The van der Waals surface area contributed by atoms with Gasteiger partial charge in [-0.25, -0.2) is 4.79 Å². The van der Waals surface area contributed by atoms with Gasteiger partial charge in [0, 0.05) is 18.4 Å². The molecule has 1 aliphatic rings. The maximum atomic E-state index is 12.1. The molecule has 5 heteroatoms. The number of carbonyl (C=O) groups excluding carboxylic acids is 2. The van der Waals surface area contributed by atoms with Gasteiger partial charge in [-0.1, -0.05) is 19.8 Å². The highest BCUT2D eigenvalue weighted by Crippen LogP contribution is 2.23. The Morgan fingerprint density at radius 1 is 1.29 bits per heavy atom. The van der Waals surface area contributed by atoms with Crippen LogP contribution in [-0.2, 0) is 9.53 Å². The number of aromatic nitrogens is 1. The van der Waals surface area contributed by atoms with Gasteiger partial charge in [-0.2, -0.15) is 0 Å². The summed E-state index contributed by atoms with van der Waals surface area (Å²) in [5.41, 5.74) is 0.399. The number of amides is 1. The SMILES string of the molecule is C[C@@H]1CCCC[C@H]1NC(=O)[C@@H](C)OC(=O)c1ccncc1. The number of esters is 1. The van der Waals surface area contributed by atoms with E-state index in [2.05, 4.69) is 17.2 Å². The average molecular weight is 290 g/mol. The van der Waals surface area contributed by atoms with Gasteiger partial charge in [-0.3, -0.25) is 9.78 Å². The minimum atomic E-state index is -0.792. The molecule has 0 spiro atoms. The molecule has 0 aliphatic heterocycles. The molecule has 1 N–H and O–H groups in total. The molecule has 1 aromatic rings. The lowest BCUT2D eigenvalue weighted by Gasteiger charge is -2.30. The Balaban J connectivity index is 1.86. The Kier molecular flexibility index (Phi) is 5.31. The molecule has 0 bridgehead atoms. The zero-order valence-electron chi connectivity index (χ0n) is 12.5. The van der Waals surface area contributed by atoms with Gasteiger partial charge in [0.15, 0.2) is 6.10 Å². The molecule has 114 valence electrons. The third-order valence-corrected chi connectivity index (χ3v) is 4.01. The molecule has 0 saturated heterocycles. The van der Waals surface area contributed by atoms with E-state index in [4.69, 9.17) is 4.74 Å². The number of nitrogens with zero attached hydrogens (tertiary/aromatic N) is 1. The van der Waals surface area contributed by atoms with Crippen LogP contribution in [0.5, 0.6) is 0 Å². The average Bonchev–Trinajstić information content (AvgIpc) is 2.50. The van der Waals surface area contributed by atoms with Crippen LogP contribution < -0.4 is 5.32 Å². The first kappa shape index (κ1) is 15.5. The van der Waals surface area contributed by atoms with Crippen LogP contribution >= 0.6 is 0 Å². The molecule has 2 rings (SSSR count). The van der Waals surface area contributed by atoms with Crippen molar-refractivity contribution in [1.82, 2.24) is 10.3 Å². The zero-order chi connectivity index (χ0) is 15.2.